The SMILES string of the molecule is O=C(Nc1cccnc1Cl)c1nn2c(c1Br)N[C@H](c1ccc(Br)o1)C[C@H]2C(F)(F)F. The highest BCUT2D eigenvalue weighted by atomic mass is 79.9. The number of alkyl halides is 3. The second-order valence-corrected chi connectivity index (χ2v) is 8.32. The maximum absolute atomic E-state index is 13.8. The zero-order valence-corrected chi connectivity index (χ0v) is 18.6. The van der Waals surface area contributed by atoms with Crippen LogP contribution in [0.5, 0.6) is 0 Å². The topological polar surface area (TPSA) is 85.0 Å². The molecule has 0 spiro atoms. The van der Waals surface area contributed by atoms with Crippen LogP contribution in [0.3, 0.4) is 0 Å². The van der Waals surface area contributed by atoms with Crippen molar-refractivity contribution in [3.8, 4) is 0 Å². The number of fused-ring (bicyclic) bond motifs is 1. The van der Waals surface area contributed by atoms with Crippen molar-refractivity contribution in [1.82, 2.24) is 14.8 Å². The van der Waals surface area contributed by atoms with Gasteiger partial charge in [0.25, 0.3) is 5.91 Å². The number of nitrogens with one attached hydrogen (secondary N) is 2. The van der Waals surface area contributed by atoms with Crippen LogP contribution in [0.4, 0.5) is 24.7 Å². The van der Waals surface area contributed by atoms with Gasteiger partial charge >= 0.3 is 6.18 Å². The van der Waals surface area contributed by atoms with Crippen molar-refractivity contribution < 1.29 is 22.4 Å². The van der Waals surface area contributed by atoms with Crippen LogP contribution in [-0.2, 0) is 0 Å². The summed E-state index contributed by atoms with van der Waals surface area (Å²) in [5, 5.41) is 9.44. The molecule has 1 aliphatic rings. The monoisotopic (exact) mass is 567 g/mol. The average molecular weight is 570 g/mol. The fraction of sp³-hybridized carbons (Fsp3) is 0.235. The first-order valence-corrected chi connectivity index (χ1v) is 10.4. The number of furan rings is 1. The average Bonchev–Trinajstić information content (AvgIpc) is 3.26. The molecular formula is C17H11Br2ClF3N5O2. The Bertz CT molecular complexity index is 1120. The van der Waals surface area contributed by atoms with Gasteiger partial charge < -0.3 is 15.1 Å². The molecule has 0 radical (unpaired) electrons. The molecule has 4 rings (SSSR count). The Morgan fingerprint density at radius 1 is 1.33 bits per heavy atom. The minimum Gasteiger partial charge on any atom is -0.452 e. The number of carbonyl (C=O) groups is 1. The molecule has 13 heteroatoms. The summed E-state index contributed by atoms with van der Waals surface area (Å²) in [6, 6.07) is 3.51. The van der Waals surface area contributed by atoms with E-state index < -0.39 is 24.2 Å². The number of anilines is 2. The summed E-state index contributed by atoms with van der Waals surface area (Å²) in [7, 11) is 0. The first kappa shape index (κ1) is 21.2. The van der Waals surface area contributed by atoms with Gasteiger partial charge in [-0.25, -0.2) is 9.67 Å². The molecule has 158 valence electrons. The van der Waals surface area contributed by atoms with E-state index in [1.807, 2.05) is 0 Å². The smallest absolute Gasteiger partial charge is 0.410 e. The summed E-state index contributed by atoms with van der Waals surface area (Å²) in [6.45, 7) is 0. The van der Waals surface area contributed by atoms with E-state index in [1.165, 1.54) is 12.3 Å². The fourth-order valence-corrected chi connectivity index (χ4v) is 4.14. The number of aromatic nitrogens is 3. The van der Waals surface area contributed by atoms with Crippen LogP contribution in [0.2, 0.25) is 5.15 Å². The van der Waals surface area contributed by atoms with Gasteiger partial charge in [0.15, 0.2) is 21.6 Å². The van der Waals surface area contributed by atoms with Gasteiger partial charge in [-0.2, -0.15) is 18.3 Å². The highest BCUT2D eigenvalue weighted by molar-refractivity contribution is 9.10. The van der Waals surface area contributed by atoms with Crippen LogP contribution >= 0.6 is 43.5 Å². The van der Waals surface area contributed by atoms with E-state index in [1.54, 1.807) is 18.2 Å². The van der Waals surface area contributed by atoms with Gasteiger partial charge in [0.1, 0.15) is 11.6 Å². The molecule has 0 aliphatic carbocycles. The van der Waals surface area contributed by atoms with Crippen LogP contribution in [-0.4, -0.2) is 26.8 Å². The number of pyridine rings is 1. The predicted molar refractivity (Wildman–Crippen MR) is 110 cm³/mol. The van der Waals surface area contributed by atoms with Crippen molar-refractivity contribution in [2.24, 2.45) is 0 Å². The number of rotatable bonds is 3. The van der Waals surface area contributed by atoms with Gasteiger partial charge in [-0.15, -0.1) is 0 Å². The van der Waals surface area contributed by atoms with E-state index in [-0.39, 0.29) is 33.2 Å². The lowest BCUT2D eigenvalue weighted by Gasteiger charge is -2.32. The van der Waals surface area contributed by atoms with Gasteiger partial charge in [-0.3, -0.25) is 4.79 Å². The highest BCUT2D eigenvalue weighted by Crippen LogP contribution is 2.46. The van der Waals surface area contributed by atoms with E-state index >= 15 is 0 Å². The molecule has 0 aromatic carbocycles. The van der Waals surface area contributed by atoms with E-state index in [2.05, 4.69) is 52.6 Å². The zero-order valence-electron chi connectivity index (χ0n) is 14.7. The number of halogens is 6. The Hall–Kier alpha value is -2.05. The molecule has 3 aromatic rings. The molecular weight excluding hydrogens is 558 g/mol. The summed E-state index contributed by atoms with van der Waals surface area (Å²) in [4.78, 5) is 16.5. The third-order valence-electron chi connectivity index (χ3n) is 4.46. The summed E-state index contributed by atoms with van der Waals surface area (Å²) >= 11 is 12.3. The third-order valence-corrected chi connectivity index (χ3v) is 5.93. The Kier molecular flexibility index (Phi) is 5.58. The molecule has 0 bridgehead atoms. The molecule has 7 nitrogen and oxygen atoms in total. The van der Waals surface area contributed by atoms with Gasteiger partial charge in [-0.1, -0.05) is 11.6 Å². The molecule has 0 unspecified atom stereocenters. The van der Waals surface area contributed by atoms with Gasteiger partial charge in [0.2, 0.25) is 0 Å². The molecule has 1 aliphatic heterocycles. The van der Waals surface area contributed by atoms with Crippen LogP contribution in [0, 0.1) is 0 Å². The number of nitrogens with zero attached hydrogens (tertiary/aromatic N) is 3. The lowest BCUT2D eigenvalue weighted by molar-refractivity contribution is -0.174. The molecule has 4 heterocycles. The molecule has 2 N–H and O–H groups in total. The minimum atomic E-state index is -4.59. The van der Waals surface area contributed by atoms with Crippen LogP contribution in [0.25, 0.3) is 0 Å². The van der Waals surface area contributed by atoms with Crippen LogP contribution < -0.4 is 10.6 Å². The first-order valence-electron chi connectivity index (χ1n) is 8.43. The predicted octanol–water partition coefficient (Wildman–Crippen LogP) is 5.96. The van der Waals surface area contributed by atoms with Gasteiger partial charge in [-0.05, 0) is 56.1 Å². The number of carbonyl (C=O) groups excluding carboxylic acids is 1. The highest BCUT2D eigenvalue weighted by Gasteiger charge is 2.48. The van der Waals surface area contributed by atoms with Gasteiger partial charge in [0, 0.05) is 12.6 Å². The fourth-order valence-electron chi connectivity index (χ4n) is 3.10. The number of hydrogen-bond donors (Lipinski definition) is 2. The van der Waals surface area contributed by atoms with E-state index in [0.717, 1.165) is 4.68 Å². The van der Waals surface area contributed by atoms with Crippen molar-refractivity contribution in [3.63, 3.8) is 0 Å². The lowest BCUT2D eigenvalue weighted by atomic mass is 10.0. The van der Waals surface area contributed by atoms with Gasteiger partial charge in [0.05, 0.1) is 16.2 Å². The maximum atomic E-state index is 13.8. The third kappa shape index (κ3) is 3.95. The largest absolute Gasteiger partial charge is 0.452 e. The van der Waals surface area contributed by atoms with Crippen molar-refractivity contribution >= 4 is 60.9 Å². The molecule has 1 amide bonds. The second kappa shape index (κ2) is 7.89. The summed E-state index contributed by atoms with van der Waals surface area (Å²) < 4.78 is 48.0. The minimum absolute atomic E-state index is 0.0172. The number of amides is 1. The Balaban J connectivity index is 1.71. The van der Waals surface area contributed by atoms with Crippen LogP contribution in [0.15, 0.2) is 44.0 Å². The molecule has 2 atom stereocenters. The molecule has 0 saturated carbocycles. The van der Waals surface area contributed by atoms with Crippen molar-refractivity contribution in [2.75, 3.05) is 10.6 Å². The molecule has 30 heavy (non-hydrogen) atoms. The normalized spacial score (nSPS) is 18.6. The standard InChI is InChI=1S/C17H11Br2ClF3N5O2/c18-11-4-3-9(30-11)8-6-10(17(21,22)23)28-15(25-8)12(19)13(27-28)16(29)26-7-2-1-5-24-14(7)20/h1-5,8,10,25H,6H2,(H,26,29)/t8-,10-/m0/s1. The first-order chi connectivity index (χ1) is 14.1. The summed E-state index contributed by atoms with van der Waals surface area (Å²) in [5.41, 5.74) is -0.0198. The Morgan fingerprint density at radius 2 is 2.10 bits per heavy atom. The lowest BCUT2D eigenvalue weighted by Crippen LogP contribution is -2.35. The second-order valence-electron chi connectivity index (χ2n) is 6.38. The van der Waals surface area contributed by atoms with Crippen molar-refractivity contribution in [2.45, 2.75) is 24.7 Å². The van der Waals surface area contributed by atoms with Crippen molar-refractivity contribution in [1.29, 1.82) is 0 Å². The van der Waals surface area contributed by atoms with E-state index in [4.69, 9.17) is 16.0 Å². The van der Waals surface area contributed by atoms with Crippen molar-refractivity contribution in [3.05, 3.63) is 56.2 Å². The summed E-state index contributed by atoms with van der Waals surface area (Å²) in [5.74, 6) is -0.397. The number of hydrogen-bond acceptors (Lipinski definition) is 5. The molecule has 3 aromatic heterocycles. The van der Waals surface area contributed by atoms with E-state index in [9.17, 15) is 18.0 Å². The summed E-state index contributed by atoms with van der Waals surface area (Å²) in [6.07, 6.45) is -3.51. The Labute approximate surface area is 189 Å². The van der Waals surface area contributed by atoms with Crippen LogP contribution in [0.1, 0.15) is 34.8 Å². The molecule has 0 saturated heterocycles. The maximum Gasteiger partial charge on any atom is 0.410 e. The van der Waals surface area contributed by atoms with E-state index in [0.29, 0.717) is 10.4 Å². The molecule has 0 fully saturated rings. The quantitative estimate of drug-likeness (QED) is 0.380. The zero-order chi connectivity index (χ0) is 21.6. The Morgan fingerprint density at radius 3 is 2.73 bits per heavy atom.